The van der Waals surface area contributed by atoms with Gasteiger partial charge in [0.25, 0.3) is 0 Å². The molecule has 1 rings (SSSR count). The van der Waals surface area contributed by atoms with Crippen LogP contribution in [0.3, 0.4) is 0 Å². The van der Waals surface area contributed by atoms with Crippen LogP contribution in [0, 0.1) is 0 Å². The van der Waals surface area contributed by atoms with Crippen molar-refractivity contribution in [3.8, 4) is 5.75 Å². The Morgan fingerprint density at radius 2 is 1.81 bits per heavy atom. The number of rotatable bonds is 11. The smallest absolute Gasteiger partial charge is 0.306 e. The van der Waals surface area contributed by atoms with E-state index in [-0.39, 0.29) is 30.9 Å². The Balaban J connectivity index is 3.31. The molecule has 0 radical (unpaired) electrons. The van der Waals surface area contributed by atoms with Gasteiger partial charge in [-0.2, -0.15) is 8.42 Å². The predicted octanol–water partition coefficient (Wildman–Crippen LogP) is 2.64. The van der Waals surface area contributed by atoms with Gasteiger partial charge in [0.2, 0.25) is 5.91 Å². The van der Waals surface area contributed by atoms with E-state index in [0.717, 1.165) is 31.5 Å². The van der Waals surface area contributed by atoms with Crippen LogP contribution in [0.1, 0.15) is 39.7 Å². The Kier molecular flexibility index (Phi) is 9.05. The van der Waals surface area contributed by atoms with Gasteiger partial charge in [0.1, 0.15) is 12.4 Å². The maximum Gasteiger partial charge on any atom is 0.306 e. The fraction of sp³-hybridized carbons (Fsp3) is 0.632. The number of nitrogens with zero attached hydrogens (tertiary/aromatic N) is 2. The number of carbonyl (C=O) groups excluding carboxylic acids is 1. The molecule has 1 atom stereocenters. The van der Waals surface area contributed by atoms with Crippen LogP contribution in [0.4, 0.5) is 5.69 Å². The maximum atomic E-state index is 12.4. The molecule has 154 valence electrons. The van der Waals surface area contributed by atoms with Crippen molar-refractivity contribution in [3.63, 3.8) is 0 Å². The molecule has 0 aliphatic heterocycles. The van der Waals surface area contributed by atoms with Crippen molar-refractivity contribution in [2.75, 3.05) is 38.0 Å². The topological polar surface area (TPSA) is 76.2 Å². The van der Waals surface area contributed by atoms with Gasteiger partial charge in [-0.15, -0.1) is 0 Å². The lowest BCUT2D eigenvalue weighted by molar-refractivity contribution is -0.138. The molecule has 0 aliphatic carbocycles. The Hall–Kier alpha value is -1.80. The molecular weight excluding hydrogens is 368 g/mol. The van der Waals surface area contributed by atoms with Crippen molar-refractivity contribution in [2.24, 2.45) is 0 Å². The van der Waals surface area contributed by atoms with E-state index < -0.39 is 10.1 Å². The lowest BCUT2D eigenvalue weighted by Gasteiger charge is -2.29. The van der Waals surface area contributed by atoms with E-state index in [1.165, 1.54) is 7.11 Å². The lowest BCUT2D eigenvalue weighted by atomic mass is 10.1. The van der Waals surface area contributed by atoms with Gasteiger partial charge in [0, 0.05) is 50.1 Å². The predicted molar refractivity (Wildman–Crippen MR) is 108 cm³/mol. The largest absolute Gasteiger partial charge is 0.382 e. The van der Waals surface area contributed by atoms with E-state index in [9.17, 15) is 13.2 Å². The van der Waals surface area contributed by atoms with Gasteiger partial charge in [0.15, 0.2) is 0 Å². The molecule has 0 saturated heterocycles. The molecule has 0 fully saturated rings. The summed E-state index contributed by atoms with van der Waals surface area (Å²) in [5.41, 5.74) is 1.52. The van der Waals surface area contributed by atoms with Crippen LogP contribution in [0.25, 0.3) is 0 Å². The minimum Gasteiger partial charge on any atom is -0.382 e. The number of hydrogen-bond acceptors (Lipinski definition) is 6. The van der Waals surface area contributed by atoms with Gasteiger partial charge in [-0.25, -0.2) is 0 Å². The second kappa shape index (κ2) is 10.5. The van der Waals surface area contributed by atoms with E-state index >= 15 is 0 Å². The summed E-state index contributed by atoms with van der Waals surface area (Å²) >= 11 is 0. The molecule has 0 saturated carbocycles. The minimum absolute atomic E-state index is 0.0128. The highest BCUT2D eigenvalue weighted by Crippen LogP contribution is 2.29. The summed E-state index contributed by atoms with van der Waals surface area (Å²) in [6.07, 6.45) is 1.79. The van der Waals surface area contributed by atoms with Crippen molar-refractivity contribution in [1.29, 1.82) is 0 Å². The Morgan fingerprint density at radius 3 is 2.30 bits per heavy atom. The summed E-state index contributed by atoms with van der Waals surface area (Å²) in [6, 6.07) is 5.46. The Bertz CT molecular complexity index is 717. The number of anilines is 1. The van der Waals surface area contributed by atoms with Gasteiger partial charge < -0.3 is 18.7 Å². The molecular formula is C19H32N2O5S. The number of benzene rings is 1. The fourth-order valence-electron chi connectivity index (χ4n) is 2.80. The first-order valence-electron chi connectivity index (χ1n) is 9.22. The quantitative estimate of drug-likeness (QED) is 0.532. The van der Waals surface area contributed by atoms with E-state index in [2.05, 4.69) is 4.90 Å². The number of hydrogen-bond donors (Lipinski definition) is 0. The molecule has 1 unspecified atom stereocenters. The summed E-state index contributed by atoms with van der Waals surface area (Å²) in [5, 5.41) is 0. The SMILES string of the molecule is CCC(C)N(Cc1ccc(N(CC)CC)cc1OS(C)(=O)=O)C(=O)COC. The molecule has 0 spiro atoms. The third-order valence-electron chi connectivity index (χ3n) is 4.47. The summed E-state index contributed by atoms with van der Waals surface area (Å²) in [5.74, 6) is 0.102. The van der Waals surface area contributed by atoms with Crippen molar-refractivity contribution in [2.45, 2.75) is 46.7 Å². The number of methoxy groups -OCH3 is 1. The van der Waals surface area contributed by atoms with Gasteiger partial charge in [0.05, 0.1) is 6.26 Å². The average molecular weight is 401 g/mol. The number of carbonyl (C=O) groups is 1. The van der Waals surface area contributed by atoms with Crippen LogP contribution >= 0.6 is 0 Å². The van der Waals surface area contributed by atoms with Crippen LogP contribution in [0.2, 0.25) is 0 Å². The minimum atomic E-state index is -3.69. The fourth-order valence-corrected chi connectivity index (χ4v) is 3.28. The molecule has 7 nitrogen and oxygen atoms in total. The average Bonchev–Trinajstić information content (AvgIpc) is 2.60. The third kappa shape index (κ3) is 7.03. The van der Waals surface area contributed by atoms with Crippen molar-refractivity contribution in [3.05, 3.63) is 23.8 Å². The zero-order chi connectivity index (χ0) is 20.6. The van der Waals surface area contributed by atoms with Crippen LogP contribution < -0.4 is 9.08 Å². The second-order valence-electron chi connectivity index (χ2n) is 6.46. The highest BCUT2D eigenvalue weighted by Gasteiger charge is 2.22. The molecule has 1 aromatic rings. The van der Waals surface area contributed by atoms with Crippen molar-refractivity contribution >= 4 is 21.7 Å². The Labute approximate surface area is 163 Å². The van der Waals surface area contributed by atoms with Gasteiger partial charge in [-0.1, -0.05) is 13.0 Å². The van der Waals surface area contributed by atoms with E-state index in [0.29, 0.717) is 5.56 Å². The van der Waals surface area contributed by atoms with Crippen LogP contribution in [0.15, 0.2) is 18.2 Å². The van der Waals surface area contributed by atoms with Gasteiger partial charge >= 0.3 is 10.1 Å². The van der Waals surface area contributed by atoms with Crippen molar-refractivity contribution in [1.82, 2.24) is 4.90 Å². The highest BCUT2D eigenvalue weighted by atomic mass is 32.2. The summed E-state index contributed by atoms with van der Waals surface area (Å²) in [6.45, 7) is 9.82. The maximum absolute atomic E-state index is 12.4. The molecule has 0 aromatic heterocycles. The first-order valence-corrected chi connectivity index (χ1v) is 11.0. The summed E-state index contributed by atoms with van der Waals surface area (Å²) in [7, 11) is -2.22. The molecule has 1 aromatic carbocycles. The summed E-state index contributed by atoms with van der Waals surface area (Å²) in [4.78, 5) is 16.2. The first kappa shape index (κ1) is 23.2. The number of amides is 1. The summed E-state index contributed by atoms with van der Waals surface area (Å²) < 4.78 is 33.7. The molecule has 0 bridgehead atoms. The molecule has 1 amide bonds. The zero-order valence-electron chi connectivity index (χ0n) is 17.2. The van der Waals surface area contributed by atoms with E-state index in [1.54, 1.807) is 11.0 Å². The highest BCUT2D eigenvalue weighted by molar-refractivity contribution is 7.86. The van der Waals surface area contributed by atoms with Crippen LogP contribution in [-0.2, 0) is 26.2 Å². The monoisotopic (exact) mass is 400 g/mol. The molecule has 0 aliphatic rings. The second-order valence-corrected chi connectivity index (χ2v) is 8.04. The van der Waals surface area contributed by atoms with Crippen molar-refractivity contribution < 1.29 is 22.1 Å². The standard InChI is InChI=1S/C19H32N2O5S/c1-7-15(4)21(19(22)14-25-5)13-16-10-11-17(20(8-2)9-3)12-18(16)26-27(6,23)24/h10-12,15H,7-9,13-14H2,1-6H3. The van der Waals surface area contributed by atoms with E-state index in [4.69, 9.17) is 8.92 Å². The molecule has 27 heavy (non-hydrogen) atoms. The molecule has 0 heterocycles. The van der Waals surface area contributed by atoms with Crippen LogP contribution in [0.5, 0.6) is 5.75 Å². The Morgan fingerprint density at radius 1 is 1.19 bits per heavy atom. The molecule has 8 heteroatoms. The zero-order valence-corrected chi connectivity index (χ0v) is 18.0. The molecule has 0 N–H and O–H groups in total. The van der Waals surface area contributed by atoms with E-state index in [1.807, 2.05) is 39.8 Å². The van der Waals surface area contributed by atoms with Gasteiger partial charge in [-0.05, 0) is 33.3 Å². The normalized spacial score (nSPS) is 12.5. The van der Waals surface area contributed by atoms with Crippen LogP contribution in [-0.4, -0.2) is 58.3 Å². The van der Waals surface area contributed by atoms with Gasteiger partial charge in [-0.3, -0.25) is 4.79 Å². The first-order chi connectivity index (χ1) is 12.7. The lowest BCUT2D eigenvalue weighted by Crippen LogP contribution is -2.40. The number of ether oxygens (including phenoxy) is 1. The third-order valence-corrected chi connectivity index (χ3v) is 4.95.